The topological polar surface area (TPSA) is 139 Å². The Bertz CT molecular complexity index is 570. The maximum Gasteiger partial charge on any atom is 0.333 e. The van der Waals surface area contributed by atoms with Crippen LogP contribution in [0.5, 0.6) is 0 Å². The van der Waals surface area contributed by atoms with E-state index in [1.165, 1.54) is 13.8 Å². The van der Waals surface area contributed by atoms with Crippen LogP contribution in [0.15, 0.2) is 12.2 Å². The van der Waals surface area contributed by atoms with E-state index in [1.54, 1.807) is 13.8 Å². The van der Waals surface area contributed by atoms with E-state index < -0.39 is 11.6 Å². The molecular formula is C18H30N2O8. The van der Waals surface area contributed by atoms with E-state index in [4.69, 9.17) is 4.74 Å². The predicted octanol–water partition coefficient (Wildman–Crippen LogP) is 2.94. The Morgan fingerprint density at radius 3 is 2.04 bits per heavy atom. The zero-order valence-electron chi connectivity index (χ0n) is 17.0. The highest BCUT2D eigenvalue weighted by Crippen LogP contribution is 2.26. The zero-order chi connectivity index (χ0) is 21.9. The first kappa shape index (κ1) is 25.5. The fourth-order valence-corrected chi connectivity index (χ4v) is 2.26. The molecule has 2 aliphatic heterocycles. The summed E-state index contributed by atoms with van der Waals surface area (Å²) in [5, 5.41) is 20.2. The molecule has 0 bridgehead atoms. The summed E-state index contributed by atoms with van der Waals surface area (Å²) in [7, 11) is 0. The van der Waals surface area contributed by atoms with Crippen molar-refractivity contribution in [1.29, 1.82) is 0 Å². The lowest BCUT2D eigenvalue weighted by Gasteiger charge is -2.24. The number of carbonyl (C=O) groups is 2. The average Bonchev–Trinajstić information content (AvgIpc) is 2.60. The number of ether oxygens (including phenoxy) is 2. The third-order valence-corrected chi connectivity index (χ3v) is 4.08. The maximum absolute atomic E-state index is 11.2. The van der Waals surface area contributed by atoms with Crippen molar-refractivity contribution in [3.63, 3.8) is 0 Å². The summed E-state index contributed by atoms with van der Waals surface area (Å²) >= 11 is 0. The van der Waals surface area contributed by atoms with Gasteiger partial charge in [0.1, 0.15) is 0 Å². The smallest absolute Gasteiger partial charge is 0.333 e. The highest BCUT2D eigenvalue weighted by molar-refractivity contribution is 5.88. The van der Waals surface area contributed by atoms with Gasteiger partial charge in [-0.15, -0.1) is 0 Å². The van der Waals surface area contributed by atoms with E-state index in [0.717, 1.165) is 19.3 Å². The molecule has 10 heteroatoms. The molecule has 2 heterocycles. The van der Waals surface area contributed by atoms with Gasteiger partial charge in [-0.3, -0.25) is 25.0 Å². The predicted molar refractivity (Wildman–Crippen MR) is 101 cm³/mol. The second kappa shape index (κ2) is 12.0. The van der Waals surface area contributed by atoms with Crippen molar-refractivity contribution in [2.75, 3.05) is 13.2 Å². The SMILES string of the molecule is C=C1CCCOC1=O.CC(C)(CC1CCCOC1=O)[N+](=O)[O-].CC(C)[N+](=O)[O-]. The average molecular weight is 402 g/mol. The quantitative estimate of drug-likeness (QED) is 0.303. The van der Waals surface area contributed by atoms with Crippen LogP contribution >= 0.6 is 0 Å². The van der Waals surface area contributed by atoms with Crippen LogP contribution in [0.2, 0.25) is 0 Å². The van der Waals surface area contributed by atoms with Gasteiger partial charge in [-0.1, -0.05) is 6.58 Å². The summed E-state index contributed by atoms with van der Waals surface area (Å²) in [5.74, 6) is -0.813. The van der Waals surface area contributed by atoms with Crippen LogP contribution in [-0.4, -0.2) is 46.6 Å². The Hall–Kier alpha value is -2.52. The fraction of sp³-hybridized carbons (Fsp3) is 0.778. The van der Waals surface area contributed by atoms with Gasteiger partial charge in [0.05, 0.1) is 19.1 Å². The van der Waals surface area contributed by atoms with Crippen LogP contribution in [-0.2, 0) is 19.1 Å². The van der Waals surface area contributed by atoms with Crippen molar-refractivity contribution >= 4 is 11.9 Å². The van der Waals surface area contributed by atoms with Crippen LogP contribution in [0.1, 0.15) is 59.8 Å². The van der Waals surface area contributed by atoms with Crippen molar-refractivity contribution in [2.45, 2.75) is 71.4 Å². The lowest BCUT2D eigenvalue weighted by atomic mass is 9.87. The van der Waals surface area contributed by atoms with Gasteiger partial charge in [0.2, 0.25) is 11.6 Å². The number of hydrogen-bond acceptors (Lipinski definition) is 8. The Morgan fingerprint density at radius 1 is 1.14 bits per heavy atom. The van der Waals surface area contributed by atoms with Crippen LogP contribution in [0.4, 0.5) is 0 Å². The Balaban J connectivity index is 0.000000439. The van der Waals surface area contributed by atoms with Gasteiger partial charge in [-0.25, -0.2) is 4.79 Å². The highest BCUT2D eigenvalue weighted by Gasteiger charge is 2.38. The van der Waals surface area contributed by atoms with Crippen LogP contribution in [0, 0.1) is 26.1 Å². The first-order chi connectivity index (χ1) is 12.9. The molecule has 2 rings (SSSR count). The molecule has 0 spiro atoms. The molecule has 0 amide bonds. The third-order valence-electron chi connectivity index (χ3n) is 4.08. The molecule has 1 unspecified atom stereocenters. The first-order valence-corrected chi connectivity index (χ1v) is 9.18. The maximum atomic E-state index is 11.2. The molecule has 0 saturated carbocycles. The number of esters is 2. The van der Waals surface area contributed by atoms with Crippen molar-refractivity contribution < 1.29 is 28.9 Å². The van der Waals surface area contributed by atoms with Crippen LogP contribution in [0.25, 0.3) is 0 Å². The molecule has 0 aromatic heterocycles. The van der Waals surface area contributed by atoms with Gasteiger partial charge in [0, 0.05) is 49.5 Å². The summed E-state index contributed by atoms with van der Waals surface area (Å²) in [4.78, 5) is 41.2. The van der Waals surface area contributed by atoms with Crippen LogP contribution in [0.3, 0.4) is 0 Å². The number of hydrogen-bond donors (Lipinski definition) is 0. The molecule has 0 aliphatic carbocycles. The molecule has 2 saturated heterocycles. The Morgan fingerprint density at radius 2 is 1.68 bits per heavy atom. The number of rotatable bonds is 4. The molecule has 2 aliphatic rings. The van der Waals surface area contributed by atoms with Crippen molar-refractivity contribution in [1.82, 2.24) is 0 Å². The molecular weight excluding hydrogens is 372 g/mol. The van der Waals surface area contributed by atoms with E-state index in [2.05, 4.69) is 11.3 Å². The second-order valence-electron chi connectivity index (χ2n) is 7.50. The molecule has 28 heavy (non-hydrogen) atoms. The van der Waals surface area contributed by atoms with E-state index >= 15 is 0 Å². The zero-order valence-corrected chi connectivity index (χ0v) is 17.0. The summed E-state index contributed by atoms with van der Waals surface area (Å²) in [6, 6.07) is -0.426. The number of nitrogens with zero attached hydrogens (tertiary/aromatic N) is 2. The number of cyclic esters (lactones) is 2. The van der Waals surface area contributed by atoms with Crippen LogP contribution < -0.4 is 0 Å². The van der Waals surface area contributed by atoms with Gasteiger partial charge < -0.3 is 9.47 Å². The summed E-state index contributed by atoms with van der Waals surface area (Å²) < 4.78 is 9.51. The monoisotopic (exact) mass is 402 g/mol. The molecule has 2 fully saturated rings. The standard InChI is InChI=1S/C9H15NO4.C6H8O2.C3H7NO2/c1-9(2,10(12)13)6-7-4-3-5-14-8(7)11;1-5-3-2-4-8-6(5)7;1-3(2)4(5)6/h7H,3-6H2,1-2H3;1-4H2;3H,1-2H3. The minimum atomic E-state index is -1.04. The highest BCUT2D eigenvalue weighted by atomic mass is 16.6. The van der Waals surface area contributed by atoms with Gasteiger partial charge in [0.15, 0.2) is 0 Å². The lowest BCUT2D eigenvalue weighted by molar-refractivity contribution is -0.562. The van der Waals surface area contributed by atoms with Crippen molar-refractivity contribution in [3.05, 3.63) is 32.4 Å². The normalized spacial score (nSPS) is 19.3. The van der Waals surface area contributed by atoms with Gasteiger partial charge in [-0.05, 0) is 25.7 Å². The number of nitro groups is 2. The minimum Gasteiger partial charge on any atom is -0.465 e. The van der Waals surface area contributed by atoms with Gasteiger partial charge in [-0.2, -0.15) is 0 Å². The molecule has 0 aromatic carbocycles. The van der Waals surface area contributed by atoms with Crippen molar-refractivity contribution in [2.24, 2.45) is 5.92 Å². The molecule has 0 N–H and O–H groups in total. The summed E-state index contributed by atoms with van der Waals surface area (Å²) in [5.41, 5.74) is -0.433. The second-order valence-corrected chi connectivity index (χ2v) is 7.50. The largest absolute Gasteiger partial charge is 0.465 e. The molecule has 10 nitrogen and oxygen atoms in total. The fourth-order valence-electron chi connectivity index (χ4n) is 2.26. The lowest BCUT2D eigenvalue weighted by Crippen LogP contribution is -2.37. The van der Waals surface area contributed by atoms with Gasteiger partial charge in [0.25, 0.3) is 0 Å². The molecule has 0 aromatic rings. The molecule has 1 atom stereocenters. The Labute approximate surface area is 164 Å². The Kier molecular flexibility index (Phi) is 11.0. The summed E-state index contributed by atoms with van der Waals surface area (Å²) in [6.45, 7) is 10.7. The van der Waals surface area contributed by atoms with E-state index in [-0.39, 0.29) is 34.1 Å². The summed E-state index contributed by atoms with van der Waals surface area (Å²) in [6.07, 6.45) is 3.52. The molecule has 0 radical (unpaired) electrons. The van der Waals surface area contributed by atoms with E-state index in [9.17, 15) is 29.8 Å². The van der Waals surface area contributed by atoms with Gasteiger partial charge >= 0.3 is 11.9 Å². The first-order valence-electron chi connectivity index (χ1n) is 9.18. The van der Waals surface area contributed by atoms with Crippen molar-refractivity contribution in [3.8, 4) is 0 Å². The minimum absolute atomic E-state index is 0.226. The molecule has 160 valence electrons. The van der Waals surface area contributed by atoms with E-state index in [1.807, 2.05) is 0 Å². The van der Waals surface area contributed by atoms with E-state index in [0.29, 0.717) is 25.2 Å². The third kappa shape index (κ3) is 9.98. The number of carbonyl (C=O) groups excluding carboxylic acids is 2.